The maximum Gasteiger partial charge on any atom is 0.416 e. The Hall–Kier alpha value is -3.19. The molecule has 9 nitrogen and oxygen atoms in total. The largest absolute Gasteiger partial charge is 0.416 e. The number of carbonyl (C=O) groups excluding carboxylic acids is 1. The van der Waals surface area contributed by atoms with Gasteiger partial charge in [-0.25, -0.2) is 8.42 Å². The lowest BCUT2D eigenvalue weighted by atomic mass is 10.2. The van der Waals surface area contributed by atoms with E-state index in [9.17, 15) is 26.4 Å². The SMILES string of the molecule is CCN(CC)S(=O)(=O)c1ccc2nnn(OC(C)C(=O)Nc3ccc(C(F)(F)F)cc3)c2c1. The summed E-state index contributed by atoms with van der Waals surface area (Å²) < 4.78 is 64.9. The minimum Gasteiger partial charge on any atom is -0.382 e. The van der Waals surface area contributed by atoms with Gasteiger partial charge in [0.15, 0.2) is 0 Å². The highest BCUT2D eigenvalue weighted by atomic mass is 32.2. The van der Waals surface area contributed by atoms with Gasteiger partial charge >= 0.3 is 6.18 Å². The Labute approximate surface area is 188 Å². The summed E-state index contributed by atoms with van der Waals surface area (Å²) in [5.74, 6) is -0.648. The molecule has 1 unspecified atom stereocenters. The third-order valence-corrected chi connectivity index (χ3v) is 6.88. The first-order chi connectivity index (χ1) is 15.5. The van der Waals surface area contributed by atoms with Gasteiger partial charge in [0, 0.05) is 18.8 Å². The molecule has 1 atom stereocenters. The predicted molar refractivity (Wildman–Crippen MR) is 114 cm³/mol. The van der Waals surface area contributed by atoms with E-state index in [0.29, 0.717) is 18.6 Å². The van der Waals surface area contributed by atoms with Crippen LogP contribution in [-0.2, 0) is 21.0 Å². The van der Waals surface area contributed by atoms with E-state index in [-0.39, 0.29) is 16.1 Å². The summed E-state index contributed by atoms with van der Waals surface area (Å²) >= 11 is 0. The molecule has 1 aromatic heterocycles. The van der Waals surface area contributed by atoms with Crippen molar-refractivity contribution in [2.75, 3.05) is 18.4 Å². The van der Waals surface area contributed by atoms with E-state index < -0.39 is 33.8 Å². The molecule has 1 N–H and O–H groups in total. The van der Waals surface area contributed by atoms with Crippen molar-refractivity contribution in [2.24, 2.45) is 0 Å². The van der Waals surface area contributed by atoms with Crippen LogP contribution in [0, 0.1) is 0 Å². The monoisotopic (exact) mass is 485 g/mol. The number of aromatic nitrogens is 3. The fourth-order valence-electron chi connectivity index (χ4n) is 3.01. The summed E-state index contributed by atoms with van der Waals surface area (Å²) in [5, 5.41) is 10.2. The molecule has 1 heterocycles. The van der Waals surface area contributed by atoms with E-state index in [1.165, 1.54) is 29.4 Å². The van der Waals surface area contributed by atoms with Gasteiger partial charge < -0.3 is 10.2 Å². The molecule has 0 aliphatic heterocycles. The normalized spacial score (nSPS) is 13.3. The van der Waals surface area contributed by atoms with Gasteiger partial charge in [0.2, 0.25) is 16.1 Å². The van der Waals surface area contributed by atoms with Crippen LogP contribution in [0.15, 0.2) is 47.4 Å². The number of alkyl halides is 3. The van der Waals surface area contributed by atoms with Gasteiger partial charge in [-0.2, -0.15) is 17.5 Å². The van der Waals surface area contributed by atoms with Crippen molar-refractivity contribution >= 4 is 32.7 Å². The molecule has 0 fully saturated rings. The zero-order valence-corrected chi connectivity index (χ0v) is 18.8. The summed E-state index contributed by atoms with van der Waals surface area (Å²) in [7, 11) is -3.74. The molecule has 0 bridgehead atoms. The van der Waals surface area contributed by atoms with Crippen LogP contribution >= 0.6 is 0 Å². The lowest BCUT2D eigenvalue weighted by molar-refractivity contribution is -0.137. The zero-order chi connectivity index (χ0) is 24.4. The maximum atomic E-state index is 12.8. The first-order valence-corrected chi connectivity index (χ1v) is 11.4. The van der Waals surface area contributed by atoms with Gasteiger partial charge in [-0.1, -0.05) is 18.7 Å². The number of rotatable bonds is 8. The number of halogens is 3. The Bertz CT molecular complexity index is 1240. The predicted octanol–water partition coefficient (Wildman–Crippen LogP) is 2.94. The van der Waals surface area contributed by atoms with Crippen LogP contribution in [0.4, 0.5) is 18.9 Å². The molecule has 178 valence electrons. The first-order valence-electron chi connectivity index (χ1n) is 9.98. The molecular formula is C20H22F3N5O4S. The number of fused-ring (bicyclic) bond motifs is 1. The summed E-state index contributed by atoms with van der Waals surface area (Å²) in [6, 6.07) is 8.20. The maximum absolute atomic E-state index is 12.8. The lowest BCUT2D eigenvalue weighted by Crippen LogP contribution is -2.35. The molecule has 3 aromatic rings. The van der Waals surface area contributed by atoms with Crippen molar-refractivity contribution in [1.82, 2.24) is 19.5 Å². The highest BCUT2D eigenvalue weighted by Gasteiger charge is 2.30. The van der Waals surface area contributed by atoms with Crippen LogP contribution in [0.5, 0.6) is 0 Å². The third-order valence-electron chi connectivity index (χ3n) is 4.84. The van der Waals surface area contributed by atoms with E-state index in [0.717, 1.165) is 29.1 Å². The molecular weight excluding hydrogens is 463 g/mol. The third kappa shape index (κ3) is 5.25. The number of benzene rings is 2. The standard InChI is InChI=1S/C20H22F3N5O4S/c1-4-27(5-2)33(30,31)16-10-11-17-18(12-16)28(26-25-17)32-13(3)19(29)24-15-8-6-14(7-9-15)20(21,22)23/h6-13H,4-5H2,1-3H3,(H,24,29). The highest BCUT2D eigenvalue weighted by Crippen LogP contribution is 2.29. The van der Waals surface area contributed by atoms with Gasteiger partial charge in [0.25, 0.3) is 5.91 Å². The van der Waals surface area contributed by atoms with Crippen LogP contribution in [0.1, 0.15) is 26.3 Å². The van der Waals surface area contributed by atoms with Gasteiger partial charge in [-0.05, 0) is 54.6 Å². The molecule has 0 spiro atoms. The van der Waals surface area contributed by atoms with Crippen molar-refractivity contribution in [3.8, 4) is 0 Å². The van der Waals surface area contributed by atoms with Crippen molar-refractivity contribution in [3.63, 3.8) is 0 Å². The summed E-state index contributed by atoms with van der Waals surface area (Å²) in [6.45, 7) is 5.46. The van der Waals surface area contributed by atoms with Crippen LogP contribution in [0.25, 0.3) is 11.0 Å². The molecule has 2 aromatic carbocycles. The van der Waals surface area contributed by atoms with Crippen LogP contribution in [0.2, 0.25) is 0 Å². The van der Waals surface area contributed by atoms with Gasteiger partial charge in [-0.15, -0.1) is 5.10 Å². The Kier molecular flexibility index (Phi) is 6.93. The van der Waals surface area contributed by atoms with E-state index in [1.54, 1.807) is 13.8 Å². The number of sulfonamides is 1. The number of amides is 1. The zero-order valence-electron chi connectivity index (χ0n) is 18.0. The van der Waals surface area contributed by atoms with Crippen LogP contribution < -0.4 is 10.2 Å². The Morgan fingerprint density at radius 3 is 2.36 bits per heavy atom. The Morgan fingerprint density at radius 1 is 1.15 bits per heavy atom. The second-order valence-corrected chi connectivity index (χ2v) is 8.95. The van der Waals surface area contributed by atoms with E-state index in [1.807, 2.05) is 0 Å². The van der Waals surface area contributed by atoms with Gasteiger partial charge in [0.05, 0.1) is 10.5 Å². The van der Waals surface area contributed by atoms with Crippen molar-refractivity contribution in [3.05, 3.63) is 48.0 Å². The Morgan fingerprint density at radius 2 is 1.79 bits per heavy atom. The first kappa shape index (κ1) is 24.5. The molecule has 3 rings (SSSR count). The van der Waals surface area contributed by atoms with Gasteiger partial charge in [-0.3, -0.25) is 4.79 Å². The average Bonchev–Trinajstić information content (AvgIpc) is 3.16. The van der Waals surface area contributed by atoms with Crippen molar-refractivity contribution in [2.45, 2.75) is 37.9 Å². The molecule has 0 saturated carbocycles. The minimum absolute atomic E-state index is 0.0210. The smallest absolute Gasteiger partial charge is 0.382 e. The highest BCUT2D eigenvalue weighted by molar-refractivity contribution is 7.89. The number of anilines is 1. The number of hydrogen-bond donors (Lipinski definition) is 1. The lowest BCUT2D eigenvalue weighted by Gasteiger charge is -2.18. The number of nitrogens with zero attached hydrogens (tertiary/aromatic N) is 4. The van der Waals surface area contributed by atoms with Crippen molar-refractivity contribution in [1.29, 1.82) is 0 Å². The summed E-state index contributed by atoms with van der Waals surface area (Å²) in [6.07, 6.45) is -5.61. The quantitative estimate of drug-likeness (QED) is 0.526. The molecule has 1 amide bonds. The molecule has 0 aliphatic carbocycles. The van der Waals surface area contributed by atoms with E-state index >= 15 is 0 Å². The van der Waals surface area contributed by atoms with Crippen LogP contribution in [0.3, 0.4) is 0 Å². The minimum atomic E-state index is -4.48. The molecule has 33 heavy (non-hydrogen) atoms. The number of carbonyl (C=O) groups is 1. The average molecular weight is 485 g/mol. The summed E-state index contributed by atoms with van der Waals surface area (Å²) in [4.78, 5) is 18.9. The van der Waals surface area contributed by atoms with Crippen LogP contribution in [-0.4, -0.2) is 53.0 Å². The summed E-state index contributed by atoms with van der Waals surface area (Å²) in [5.41, 5.74) is -0.102. The molecule has 0 radical (unpaired) electrons. The fraction of sp³-hybridized carbons (Fsp3) is 0.350. The van der Waals surface area contributed by atoms with E-state index in [4.69, 9.17) is 4.84 Å². The second-order valence-electron chi connectivity index (χ2n) is 7.01. The number of hydrogen-bond acceptors (Lipinski definition) is 6. The number of nitrogens with one attached hydrogen (secondary N) is 1. The molecule has 13 heteroatoms. The van der Waals surface area contributed by atoms with Crippen molar-refractivity contribution < 1.29 is 31.2 Å². The molecule has 0 aliphatic rings. The Balaban J connectivity index is 1.78. The molecule has 0 saturated heterocycles. The topological polar surface area (TPSA) is 106 Å². The van der Waals surface area contributed by atoms with Gasteiger partial charge in [0.1, 0.15) is 11.0 Å². The van der Waals surface area contributed by atoms with E-state index in [2.05, 4.69) is 15.6 Å². The fourth-order valence-corrected chi connectivity index (χ4v) is 4.49. The second kappa shape index (κ2) is 9.35.